The van der Waals surface area contributed by atoms with Gasteiger partial charge in [-0.25, -0.2) is 9.97 Å². The summed E-state index contributed by atoms with van der Waals surface area (Å²) in [5, 5.41) is 7.59. The summed E-state index contributed by atoms with van der Waals surface area (Å²) in [6.45, 7) is 0. The van der Waals surface area contributed by atoms with Gasteiger partial charge in [0.15, 0.2) is 0 Å². The number of fused-ring (bicyclic) bond motifs is 13. The average molecular weight is 795 g/mol. The Morgan fingerprint density at radius 3 is 1.61 bits per heavy atom. The second-order valence-corrected chi connectivity index (χ2v) is 16.7. The van der Waals surface area contributed by atoms with E-state index in [1.807, 2.05) is 29.5 Å². The number of aromatic nitrogens is 4. The molecule has 0 saturated heterocycles. The topological polar surface area (TPSA) is 35.6 Å². The van der Waals surface area contributed by atoms with Crippen LogP contribution in [-0.2, 0) is 0 Å². The van der Waals surface area contributed by atoms with Gasteiger partial charge < -0.3 is 9.13 Å². The van der Waals surface area contributed by atoms with Crippen LogP contribution >= 0.6 is 11.3 Å². The average Bonchev–Trinajstić information content (AvgIpc) is 4.00. The summed E-state index contributed by atoms with van der Waals surface area (Å²) in [6.07, 6.45) is 0. The fourth-order valence-electron chi connectivity index (χ4n) is 9.72. The summed E-state index contributed by atoms with van der Waals surface area (Å²) in [4.78, 5) is 10.7. The molecule has 0 radical (unpaired) electrons. The Bertz CT molecular complexity index is 3860. The highest BCUT2D eigenvalue weighted by Gasteiger charge is 2.27. The van der Waals surface area contributed by atoms with E-state index in [9.17, 15) is 0 Å². The minimum atomic E-state index is 0.859. The highest BCUT2D eigenvalue weighted by atomic mass is 32.1. The van der Waals surface area contributed by atoms with Crippen molar-refractivity contribution in [1.29, 1.82) is 0 Å². The van der Waals surface area contributed by atoms with Crippen molar-refractivity contribution >= 4 is 86.2 Å². The van der Waals surface area contributed by atoms with E-state index in [2.05, 4.69) is 197 Å². The van der Waals surface area contributed by atoms with Crippen molar-refractivity contribution < 1.29 is 0 Å². The van der Waals surface area contributed by atoms with Gasteiger partial charge in [-0.1, -0.05) is 152 Å². The molecule has 0 amide bonds. The lowest BCUT2D eigenvalue weighted by Crippen LogP contribution is -2.00. The number of hydrogen-bond donors (Lipinski definition) is 0. The molecule has 13 rings (SSSR count). The number of nitrogens with zero attached hydrogens (tertiary/aromatic N) is 4. The summed E-state index contributed by atoms with van der Waals surface area (Å²) in [5.74, 6) is 0. The van der Waals surface area contributed by atoms with E-state index in [0.29, 0.717) is 0 Å². The van der Waals surface area contributed by atoms with E-state index in [1.165, 1.54) is 63.8 Å². The summed E-state index contributed by atoms with van der Waals surface area (Å²) in [6, 6.07) is 74.0. The van der Waals surface area contributed by atoms with Gasteiger partial charge in [0.1, 0.15) is 0 Å². The van der Waals surface area contributed by atoms with Gasteiger partial charge in [-0.3, -0.25) is 0 Å². The molecule has 9 aromatic carbocycles. The molecule has 0 spiro atoms. The molecule has 0 aliphatic carbocycles. The van der Waals surface area contributed by atoms with Crippen molar-refractivity contribution in [2.24, 2.45) is 0 Å². The van der Waals surface area contributed by atoms with Crippen molar-refractivity contribution in [3.8, 4) is 45.0 Å². The first-order chi connectivity index (χ1) is 30.3. The van der Waals surface area contributed by atoms with Gasteiger partial charge in [0.05, 0.1) is 49.2 Å². The molecule has 4 nitrogen and oxygen atoms in total. The lowest BCUT2D eigenvalue weighted by Gasteiger charge is -2.17. The second kappa shape index (κ2) is 13.3. The van der Waals surface area contributed by atoms with Crippen LogP contribution in [-0.4, -0.2) is 19.1 Å². The number of rotatable bonds is 5. The minimum absolute atomic E-state index is 0.859. The van der Waals surface area contributed by atoms with Crippen LogP contribution in [0.25, 0.3) is 120 Å². The molecular formula is C56H34N4S. The van der Waals surface area contributed by atoms with Crippen LogP contribution in [0.4, 0.5) is 0 Å². The fraction of sp³-hybridized carbons (Fsp3) is 0. The molecule has 0 saturated carbocycles. The van der Waals surface area contributed by atoms with Gasteiger partial charge in [0.25, 0.3) is 0 Å². The predicted molar refractivity (Wildman–Crippen MR) is 257 cm³/mol. The zero-order chi connectivity index (χ0) is 40.0. The largest absolute Gasteiger partial charge is 0.308 e. The maximum absolute atomic E-state index is 5.39. The normalized spacial score (nSPS) is 11.9. The first kappa shape index (κ1) is 34.0. The van der Waals surface area contributed by atoms with Crippen molar-refractivity contribution in [3.63, 3.8) is 0 Å². The molecule has 0 bridgehead atoms. The number of thiophene rings is 1. The highest BCUT2D eigenvalue weighted by Crippen LogP contribution is 2.51. The predicted octanol–water partition coefficient (Wildman–Crippen LogP) is 15.2. The standard InChI is InChI=1S/C56H34N4S/c1-4-18-35(19-5-1)43-34-38(32-33-39(43)53-52(36-20-6-2-7-21-36)57-44-27-13-14-28-45(44)58-53)60-46-29-15-10-24-40(46)49-50-42-26-12-17-31-48(42)61-56(50)55-51(54(49)60)41-25-11-16-30-47(41)59(55)37-22-8-3-9-23-37/h1-34H. The van der Waals surface area contributed by atoms with Crippen LogP contribution < -0.4 is 0 Å². The number of hydrogen-bond acceptors (Lipinski definition) is 3. The zero-order valence-electron chi connectivity index (χ0n) is 32.8. The van der Waals surface area contributed by atoms with Crippen LogP contribution in [0.3, 0.4) is 0 Å². The molecule has 0 N–H and O–H groups in total. The Morgan fingerprint density at radius 2 is 0.902 bits per heavy atom. The molecule has 13 aromatic rings. The Morgan fingerprint density at radius 1 is 0.361 bits per heavy atom. The lowest BCUT2D eigenvalue weighted by atomic mass is 9.94. The van der Waals surface area contributed by atoms with E-state index in [-0.39, 0.29) is 0 Å². The maximum Gasteiger partial charge on any atom is 0.0979 e. The van der Waals surface area contributed by atoms with E-state index < -0.39 is 0 Å². The van der Waals surface area contributed by atoms with E-state index in [0.717, 1.165) is 56.0 Å². The van der Waals surface area contributed by atoms with E-state index >= 15 is 0 Å². The van der Waals surface area contributed by atoms with Crippen LogP contribution in [0.2, 0.25) is 0 Å². The Labute approximate surface area is 354 Å². The Balaban J connectivity index is 1.21. The fourth-order valence-corrected chi connectivity index (χ4v) is 11.0. The van der Waals surface area contributed by atoms with Crippen LogP contribution in [0.15, 0.2) is 206 Å². The maximum atomic E-state index is 5.39. The molecule has 0 fully saturated rings. The smallest absolute Gasteiger partial charge is 0.0979 e. The molecule has 0 aliphatic rings. The van der Waals surface area contributed by atoms with Crippen LogP contribution in [0.1, 0.15) is 0 Å². The lowest BCUT2D eigenvalue weighted by molar-refractivity contribution is 1.18. The molecule has 0 atom stereocenters. The van der Waals surface area contributed by atoms with Gasteiger partial charge in [0.2, 0.25) is 0 Å². The Hall–Kier alpha value is -7.86. The third-order valence-electron chi connectivity index (χ3n) is 12.3. The van der Waals surface area contributed by atoms with E-state index in [4.69, 9.17) is 9.97 Å². The Kier molecular flexibility index (Phi) is 7.44. The van der Waals surface area contributed by atoms with Gasteiger partial charge in [0, 0.05) is 59.5 Å². The first-order valence-corrected chi connectivity index (χ1v) is 21.5. The minimum Gasteiger partial charge on any atom is -0.308 e. The van der Waals surface area contributed by atoms with Crippen LogP contribution in [0.5, 0.6) is 0 Å². The SMILES string of the molecule is c1ccc(-c2cc(-n3c4ccccc4c4c5c6ccccc6sc5c5c(c6ccccc6n5-c5ccccc5)c43)ccc2-c2nc3ccccc3nc2-c2ccccc2)cc1. The third kappa shape index (κ3) is 5.05. The molecule has 61 heavy (non-hydrogen) atoms. The monoisotopic (exact) mass is 794 g/mol. The van der Waals surface area contributed by atoms with Crippen molar-refractivity contribution in [2.45, 2.75) is 0 Å². The molecule has 5 heteroatoms. The molecule has 0 aliphatic heterocycles. The second-order valence-electron chi connectivity index (χ2n) is 15.7. The van der Waals surface area contributed by atoms with Gasteiger partial charge in [-0.15, -0.1) is 11.3 Å². The molecule has 4 heterocycles. The van der Waals surface area contributed by atoms with E-state index in [1.54, 1.807) is 0 Å². The van der Waals surface area contributed by atoms with Gasteiger partial charge in [-0.2, -0.15) is 0 Å². The summed E-state index contributed by atoms with van der Waals surface area (Å²) >= 11 is 1.90. The van der Waals surface area contributed by atoms with Crippen LogP contribution in [0, 0.1) is 0 Å². The summed E-state index contributed by atoms with van der Waals surface area (Å²) < 4.78 is 7.61. The van der Waals surface area contributed by atoms with Gasteiger partial charge >= 0.3 is 0 Å². The molecule has 4 aromatic heterocycles. The van der Waals surface area contributed by atoms with Crippen molar-refractivity contribution in [1.82, 2.24) is 19.1 Å². The molecule has 284 valence electrons. The number of para-hydroxylation sites is 5. The molecule has 0 unspecified atom stereocenters. The third-order valence-corrected chi connectivity index (χ3v) is 13.5. The summed E-state index contributed by atoms with van der Waals surface area (Å²) in [5.41, 5.74) is 14.8. The first-order valence-electron chi connectivity index (χ1n) is 20.7. The zero-order valence-corrected chi connectivity index (χ0v) is 33.6. The quantitative estimate of drug-likeness (QED) is 0.174. The number of benzene rings is 9. The summed E-state index contributed by atoms with van der Waals surface area (Å²) in [7, 11) is 0. The van der Waals surface area contributed by atoms with Gasteiger partial charge in [-0.05, 0) is 65.7 Å². The van der Waals surface area contributed by atoms with Crippen molar-refractivity contribution in [2.75, 3.05) is 0 Å². The molecular weight excluding hydrogens is 761 g/mol. The van der Waals surface area contributed by atoms with Crippen molar-refractivity contribution in [3.05, 3.63) is 206 Å². The highest BCUT2D eigenvalue weighted by molar-refractivity contribution is 7.27.